The van der Waals surface area contributed by atoms with Crippen LogP contribution in [0.2, 0.25) is 0 Å². The van der Waals surface area contributed by atoms with E-state index >= 15 is 0 Å². The summed E-state index contributed by atoms with van der Waals surface area (Å²) in [5.74, 6) is 0.316. The molecular weight excluding hydrogens is 234 g/mol. The summed E-state index contributed by atoms with van der Waals surface area (Å²) in [4.78, 5) is 12.6. The number of amides is 1. The third kappa shape index (κ3) is 6.34. The molecule has 1 amide bonds. The van der Waals surface area contributed by atoms with Gasteiger partial charge >= 0.3 is 0 Å². The van der Waals surface area contributed by atoms with Crippen LogP contribution in [0.25, 0.3) is 0 Å². The number of nitrogens with one attached hydrogen (secondary N) is 1. The van der Waals surface area contributed by atoms with Gasteiger partial charge in [0.25, 0.3) is 0 Å². The summed E-state index contributed by atoms with van der Waals surface area (Å²) in [7, 11) is 0. The predicted molar refractivity (Wildman–Crippen MR) is 71.2 cm³/mol. The molecule has 3 nitrogen and oxygen atoms in total. The van der Waals surface area contributed by atoms with Crippen LogP contribution in [0.3, 0.4) is 0 Å². The maximum absolute atomic E-state index is 11.5. The molecule has 0 radical (unpaired) electrons. The Morgan fingerprint density at radius 3 is 2.47 bits per heavy atom. The largest absolute Gasteiger partial charge is 0.389 e. The van der Waals surface area contributed by atoms with Gasteiger partial charge in [0, 0.05) is 11.4 Å². The van der Waals surface area contributed by atoms with Crippen LogP contribution in [-0.4, -0.2) is 28.9 Å². The first-order chi connectivity index (χ1) is 7.87. The van der Waals surface area contributed by atoms with Gasteiger partial charge in [-0.2, -0.15) is 0 Å². The van der Waals surface area contributed by atoms with Crippen molar-refractivity contribution in [3.63, 3.8) is 0 Å². The fourth-order valence-electron chi connectivity index (χ4n) is 1.15. The smallest absolute Gasteiger partial charge is 0.230 e. The predicted octanol–water partition coefficient (Wildman–Crippen LogP) is 1.97. The average Bonchev–Trinajstić information content (AvgIpc) is 2.25. The molecular formula is C13H19NO2S. The Labute approximate surface area is 107 Å². The maximum atomic E-state index is 11.5. The molecule has 0 aliphatic heterocycles. The summed E-state index contributed by atoms with van der Waals surface area (Å²) < 4.78 is 0. The van der Waals surface area contributed by atoms with E-state index in [2.05, 4.69) is 5.32 Å². The molecule has 0 unspecified atom stereocenters. The topological polar surface area (TPSA) is 49.3 Å². The van der Waals surface area contributed by atoms with E-state index in [0.717, 1.165) is 4.90 Å². The maximum Gasteiger partial charge on any atom is 0.230 e. The molecule has 0 aliphatic carbocycles. The molecule has 0 fully saturated rings. The zero-order valence-corrected chi connectivity index (χ0v) is 11.3. The van der Waals surface area contributed by atoms with Crippen molar-refractivity contribution in [1.29, 1.82) is 0 Å². The monoisotopic (exact) mass is 253 g/mol. The second-order valence-corrected chi connectivity index (χ2v) is 5.74. The van der Waals surface area contributed by atoms with Crippen LogP contribution in [0.5, 0.6) is 0 Å². The first kappa shape index (κ1) is 14.1. The lowest BCUT2D eigenvalue weighted by Gasteiger charge is -2.17. The number of hydrogen-bond donors (Lipinski definition) is 2. The van der Waals surface area contributed by atoms with Crippen molar-refractivity contribution >= 4 is 17.7 Å². The highest BCUT2D eigenvalue weighted by atomic mass is 32.2. The SMILES string of the molecule is Cc1ccc(SCC(=O)NCC(C)(C)O)cc1. The normalized spacial score (nSPS) is 11.3. The van der Waals surface area contributed by atoms with Crippen molar-refractivity contribution in [2.75, 3.05) is 12.3 Å². The molecule has 1 rings (SSSR count). The van der Waals surface area contributed by atoms with Gasteiger partial charge in [0.15, 0.2) is 0 Å². The zero-order valence-electron chi connectivity index (χ0n) is 10.5. The van der Waals surface area contributed by atoms with E-state index in [1.165, 1.54) is 17.3 Å². The molecule has 4 heteroatoms. The summed E-state index contributed by atoms with van der Waals surface area (Å²) in [5.41, 5.74) is 0.352. The molecule has 0 bridgehead atoms. The number of rotatable bonds is 5. The lowest BCUT2D eigenvalue weighted by atomic mass is 10.1. The highest BCUT2D eigenvalue weighted by Crippen LogP contribution is 2.17. The second-order valence-electron chi connectivity index (χ2n) is 4.69. The third-order valence-corrected chi connectivity index (χ3v) is 3.12. The minimum absolute atomic E-state index is 0.0577. The van der Waals surface area contributed by atoms with Gasteiger partial charge in [-0.05, 0) is 32.9 Å². The van der Waals surface area contributed by atoms with E-state index < -0.39 is 5.60 Å². The fourth-order valence-corrected chi connectivity index (χ4v) is 1.88. The van der Waals surface area contributed by atoms with E-state index in [0.29, 0.717) is 5.75 Å². The first-order valence-corrected chi connectivity index (χ1v) is 6.54. The summed E-state index contributed by atoms with van der Waals surface area (Å²) in [6.07, 6.45) is 0. The van der Waals surface area contributed by atoms with Crippen LogP contribution >= 0.6 is 11.8 Å². The molecule has 0 spiro atoms. The number of carbonyl (C=O) groups excluding carboxylic acids is 1. The van der Waals surface area contributed by atoms with Crippen molar-refractivity contribution in [3.05, 3.63) is 29.8 Å². The Bertz CT molecular complexity index is 368. The van der Waals surface area contributed by atoms with Gasteiger partial charge in [0.1, 0.15) is 0 Å². The molecule has 17 heavy (non-hydrogen) atoms. The van der Waals surface area contributed by atoms with Gasteiger partial charge in [-0.25, -0.2) is 0 Å². The lowest BCUT2D eigenvalue weighted by molar-refractivity contribution is -0.119. The lowest BCUT2D eigenvalue weighted by Crippen LogP contribution is -2.38. The average molecular weight is 253 g/mol. The van der Waals surface area contributed by atoms with Gasteiger partial charge in [0.2, 0.25) is 5.91 Å². The van der Waals surface area contributed by atoms with Crippen LogP contribution in [0.4, 0.5) is 0 Å². The Hall–Kier alpha value is -1.00. The molecule has 0 aliphatic rings. The quantitative estimate of drug-likeness (QED) is 0.789. The second kappa shape index (κ2) is 6.07. The highest BCUT2D eigenvalue weighted by molar-refractivity contribution is 8.00. The molecule has 1 aromatic rings. The van der Waals surface area contributed by atoms with E-state index in [4.69, 9.17) is 0 Å². The van der Waals surface area contributed by atoms with Gasteiger partial charge in [-0.1, -0.05) is 17.7 Å². The molecule has 2 N–H and O–H groups in total. The number of aryl methyl sites for hydroxylation is 1. The number of aliphatic hydroxyl groups is 1. The molecule has 1 aromatic carbocycles. The van der Waals surface area contributed by atoms with Gasteiger partial charge in [0.05, 0.1) is 11.4 Å². The summed E-state index contributed by atoms with van der Waals surface area (Å²) in [6, 6.07) is 8.06. The van der Waals surface area contributed by atoms with Crippen molar-refractivity contribution in [3.8, 4) is 0 Å². The molecule has 0 aromatic heterocycles. The summed E-state index contributed by atoms with van der Waals surface area (Å²) in [6.45, 7) is 5.64. The molecule has 0 atom stereocenters. The van der Waals surface area contributed by atoms with Crippen molar-refractivity contribution in [2.24, 2.45) is 0 Å². The van der Waals surface area contributed by atoms with Crippen molar-refractivity contribution < 1.29 is 9.90 Å². The zero-order chi connectivity index (χ0) is 12.9. The van der Waals surface area contributed by atoms with E-state index in [1.54, 1.807) is 13.8 Å². The molecule has 94 valence electrons. The fraction of sp³-hybridized carbons (Fsp3) is 0.462. The number of benzene rings is 1. The molecule has 0 saturated heterocycles. The third-order valence-electron chi connectivity index (χ3n) is 2.11. The van der Waals surface area contributed by atoms with Crippen molar-refractivity contribution in [1.82, 2.24) is 5.32 Å². The van der Waals surface area contributed by atoms with Gasteiger partial charge < -0.3 is 10.4 Å². The van der Waals surface area contributed by atoms with E-state index in [9.17, 15) is 9.90 Å². The van der Waals surface area contributed by atoms with E-state index in [1.807, 2.05) is 31.2 Å². The molecule has 0 saturated carbocycles. The number of hydrogen-bond acceptors (Lipinski definition) is 3. The van der Waals surface area contributed by atoms with Crippen LogP contribution in [0, 0.1) is 6.92 Å². The summed E-state index contributed by atoms with van der Waals surface area (Å²) in [5, 5.41) is 12.2. The Morgan fingerprint density at radius 1 is 1.35 bits per heavy atom. The Kier molecular flexibility index (Phi) is 5.02. The Balaban J connectivity index is 2.31. The number of carbonyl (C=O) groups is 1. The van der Waals surface area contributed by atoms with Crippen LogP contribution in [0.1, 0.15) is 19.4 Å². The van der Waals surface area contributed by atoms with Crippen LogP contribution in [0.15, 0.2) is 29.2 Å². The number of thioether (sulfide) groups is 1. The minimum atomic E-state index is -0.857. The Morgan fingerprint density at radius 2 is 1.94 bits per heavy atom. The highest BCUT2D eigenvalue weighted by Gasteiger charge is 2.13. The summed E-state index contributed by atoms with van der Waals surface area (Å²) >= 11 is 1.49. The van der Waals surface area contributed by atoms with E-state index in [-0.39, 0.29) is 12.5 Å². The molecule has 0 heterocycles. The van der Waals surface area contributed by atoms with Crippen molar-refractivity contribution in [2.45, 2.75) is 31.3 Å². The van der Waals surface area contributed by atoms with Gasteiger partial charge in [-0.15, -0.1) is 11.8 Å². The van der Waals surface area contributed by atoms with Crippen LogP contribution < -0.4 is 5.32 Å². The van der Waals surface area contributed by atoms with Gasteiger partial charge in [-0.3, -0.25) is 4.79 Å². The standard InChI is InChI=1S/C13H19NO2S/c1-10-4-6-11(7-5-10)17-8-12(15)14-9-13(2,3)16/h4-7,16H,8-9H2,1-3H3,(H,14,15). The minimum Gasteiger partial charge on any atom is -0.389 e. The first-order valence-electron chi connectivity index (χ1n) is 5.55. The van der Waals surface area contributed by atoms with Crippen LogP contribution in [-0.2, 0) is 4.79 Å².